The first kappa shape index (κ1) is 11.3. The fraction of sp³-hybridized carbons (Fsp3) is 0.300. The Balaban J connectivity index is 2.47. The molecule has 0 radical (unpaired) electrons. The third-order valence-corrected chi connectivity index (χ3v) is 1.98. The van der Waals surface area contributed by atoms with Crippen LogP contribution in [0.4, 0.5) is 0 Å². The van der Waals surface area contributed by atoms with Crippen LogP contribution in [0.2, 0.25) is 0 Å². The zero-order valence-corrected chi connectivity index (χ0v) is 8.09. The van der Waals surface area contributed by atoms with Gasteiger partial charge in [-0.2, -0.15) is 0 Å². The van der Waals surface area contributed by atoms with Crippen molar-refractivity contribution in [3.05, 3.63) is 30.1 Å². The third-order valence-electron chi connectivity index (χ3n) is 1.98. The van der Waals surface area contributed by atoms with E-state index in [2.05, 4.69) is 4.98 Å². The van der Waals surface area contributed by atoms with Gasteiger partial charge < -0.3 is 10.8 Å². The first-order valence-corrected chi connectivity index (χ1v) is 4.53. The summed E-state index contributed by atoms with van der Waals surface area (Å²) in [7, 11) is 0. The third kappa shape index (κ3) is 3.47. The number of aliphatic carboxylic acids is 1. The van der Waals surface area contributed by atoms with Crippen LogP contribution >= 0.6 is 0 Å². The molecule has 1 atom stereocenters. The molecule has 1 heterocycles. The fourth-order valence-corrected chi connectivity index (χ4v) is 1.08. The van der Waals surface area contributed by atoms with Crippen LogP contribution in [-0.4, -0.2) is 27.9 Å². The molecule has 0 fully saturated rings. The number of hydrogen-bond acceptors (Lipinski definition) is 4. The van der Waals surface area contributed by atoms with Gasteiger partial charge in [0.1, 0.15) is 6.04 Å². The van der Waals surface area contributed by atoms with Gasteiger partial charge in [0.05, 0.1) is 0 Å². The normalized spacial score (nSPS) is 12.1. The molecule has 15 heavy (non-hydrogen) atoms. The van der Waals surface area contributed by atoms with Crippen molar-refractivity contribution in [2.75, 3.05) is 0 Å². The zero-order valence-electron chi connectivity index (χ0n) is 8.09. The first-order chi connectivity index (χ1) is 7.11. The van der Waals surface area contributed by atoms with E-state index in [-0.39, 0.29) is 18.6 Å². The number of ketones is 1. The van der Waals surface area contributed by atoms with E-state index in [1.807, 2.05) is 0 Å². The molecule has 80 valence electrons. The second kappa shape index (κ2) is 5.21. The van der Waals surface area contributed by atoms with Gasteiger partial charge in [0, 0.05) is 24.4 Å². The molecular formula is C10H12N2O3. The van der Waals surface area contributed by atoms with E-state index in [9.17, 15) is 9.59 Å². The molecule has 0 spiro atoms. The number of nitrogens with two attached hydrogens (primary N) is 1. The van der Waals surface area contributed by atoms with Gasteiger partial charge in [0.15, 0.2) is 5.78 Å². The number of rotatable bonds is 5. The van der Waals surface area contributed by atoms with E-state index in [1.54, 1.807) is 18.3 Å². The molecule has 1 aromatic heterocycles. The smallest absolute Gasteiger partial charge is 0.320 e. The largest absolute Gasteiger partial charge is 0.480 e. The molecule has 5 heteroatoms. The van der Waals surface area contributed by atoms with E-state index in [4.69, 9.17) is 10.8 Å². The summed E-state index contributed by atoms with van der Waals surface area (Å²) in [6.07, 6.45) is 3.29. The van der Waals surface area contributed by atoms with Crippen molar-refractivity contribution < 1.29 is 14.7 Å². The van der Waals surface area contributed by atoms with E-state index in [0.29, 0.717) is 5.56 Å². The molecule has 0 saturated heterocycles. The molecule has 3 N–H and O–H groups in total. The molecule has 0 unspecified atom stereocenters. The maximum Gasteiger partial charge on any atom is 0.320 e. The monoisotopic (exact) mass is 208 g/mol. The molecule has 1 rings (SSSR count). The summed E-state index contributed by atoms with van der Waals surface area (Å²) in [5.74, 6) is -1.23. The van der Waals surface area contributed by atoms with Gasteiger partial charge in [-0.1, -0.05) is 0 Å². The lowest BCUT2D eigenvalue weighted by Gasteiger charge is -2.04. The SMILES string of the molecule is N[C@@H](CCC(=O)c1cccnc1)C(=O)O. The van der Waals surface area contributed by atoms with Crippen LogP contribution in [0.15, 0.2) is 24.5 Å². The van der Waals surface area contributed by atoms with Gasteiger partial charge in [-0.05, 0) is 18.6 Å². The zero-order chi connectivity index (χ0) is 11.3. The van der Waals surface area contributed by atoms with Crippen LogP contribution in [0.3, 0.4) is 0 Å². The standard InChI is InChI=1S/C10H12N2O3/c11-8(10(14)15)3-4-9(13)7-2-1-5-12-6-7/h1-2,5-6,8H,3-4,11H2,(H,14,15)/t8-/m0/s1. The quantitative estimate of drug-likeness (QED) is 0.685. The maximum absolute atomic E-state index is 11.5. The summed E-state index contributed by atoms with van der Waals surface area (Å²) in [6, 6.07) is 2.32. The number of nitrogens with zero attached hydrogens (tertiary/aromatic N) is 1. The van der Waals surface area contributed by atoms with Gasteiger partial charge in [-0.25, -0.2) is 0 Å². The van der Waals surface area contributed by atoms with Crippen LogP contribution in [-0.2, 0) is 4.79 Å². The Labute approximate surface area is 86.9 Å². The van der Waals surface area contributed by atoms with Crippen molar-refractivity contribution in [2.45, 2.75) is 18.9 Å². The van der Waals surface area contributed by atoms with Gasteiger partial charge in [0.25, 0.3) is 0 Å². The number of carbonyl (C=O) groups is 2. The van der Waals surface area contributed by atoms with Crippen molar-refractivity contribution in [1.82, 2.24) is 4.98 Å². The maximum atomic E-state index is 11.5. The van der Waals surface area contributed by atoms with Crippen LogP contribution in [0.5, 0.6) is 0 Å². The predicted octanol–water partition coefficient (Wildman–Crippen LogP) is 0.456. The highest BCUT2D eigenvalue weighted by molar-refractivity contribution is 5.95. The summed E-state index contributed by atoms with van der Waals surface area (Å²) in [6.45, 7) is 0. The number of pyridine rings is 1. The second-order valence-corrected chi connectivity index (χ2v) is 3.15. The van der Waals surface area contributed by atoms with Gasteiger partial charge in [0.2, 0.25) is 0 Å². The minimum Gasteiger partial charge on any atom is -0.480 e. The molecule has 0 aromatic carbocycles. The Kier molecular flexibility index (Phi) is 3.93. The number of carboxylic acid groups (broad SMARTS) is 1. The van der Waals surface area contributed by atoms with Crippen molar-refractivity contribution >= 4 is 11.8 Å². The summed E-state index contributed by atoms with van der Waals surface area (Å²) >= 11 is 0. The van der Waals surface area contributed by atoms with Gasteiger partial charge in [-0.15, -0.1) is 0 Å². The van der Waals surface area contributed by atoms with Crippen molar-refractivity contribution in [2.24, 2.45) is 5.73 Å². The van der Waals surface area contributed by atoms with Crippen LogP contribution in [0.1, 0.15) is 23.2 Å². The molecule has 0 aliphatic carbocycles. The molecule has 0 aliphatic rings. The van der Waals surface area contributed by atoms with Crippen LogP contribution < -0.4 is 5.73 Å². The number of Topliss-reactive ketones (excluding diaryl/α,β-unsaturated/α-hetero) is 1. The minimum absolute atomic E-state index is 0.124. The average Bonchev–Trinajstić information content (AvgIpc) is 2.26. The van der Waals surface area contributed by atoms with E-state index in [1.165, 1.54) is 6.20 Å². The Morgan fingerprint density at radius 2 is 2.27 bits per heavy atom. The van der Waals surface area contributed by atoms with E-state index in [0.717, 1.165) is 0 Å². The summed E-state index contributed by atoms with van der Waals surface area (Å²) in [5, 5.41) is 8.52. The van der Waals surface area contributed by atoms with Crippen molar-refractivity contribution in [1.29, 1.82) is 0 Å². The number of carbonyl (C=O) groups excluding carboxylic acids is 1. The van der Waals surface area contributed by atoms with E-state index < -0.39 is 12.0 Å². The molecule has 0 aliphatic heterocycles. The Morgan fingerprint density at radius 1 is 1.53 bits per heavy atom. The second-order valence-electron chi connectivity index (χ2n) is 3.15. The summed E-state index contributed by atoms with van der Waals surface area (Å²) < 4.78 is 0. The number of hydrogen-bond donors (Lipinski definition) is 2. The highest BCUT2D eigenvalue weighted by atomic mass is 16.4. The average molecular weight is 208 g/mol. The molecular weight excluding hydrogens is 196 g/mol. The Morgan fingerprint density at radius 3 is 2.80 bits per heavy atom. The molecule has 0 saturated carbocycles. The highest BCUT2D eigenvalue weighted by Gasteiger charge is 2.14. The van der Waals surface area contributed by atoms with Crippen LogP contribution in [0, 0.1) is 0 Å². The summed E-state index contributed by atoms with van der Waals surface area (Å²) in [4.78, 5) is 25.7. The lowest BCUT2D eigenvalue weighted by molar-refractivity contribution is -0.138. The van der Waals surface area contributed by atoms with E-state index >= 15 is 0 Å². The predicted molar refractivity (Wildman–Crippen MR) is 53.4 cm³/mol. The number of carboxylic acids is 1. The first-order valence-electron chi connectivity index (χ1n) is 4.53. The highest BCUT2D eigenvalue weighted by Crippen LogP contribution is 2.04. The Hall–Kier alpha value is -1.75. The molecule has 1 aromatic rings. The lowest BCUT2D eigenvalue weighted by Crippen LogP contribution is -2.30. The summed E-state index contributed by atoms with van der Waals surface area (Å²) in [5.41, 5.74) is 5.76. The Bertz CT molecular complexity index is 351. The number of aromatic nitrogens is 1. The molecule has 0 amide bonds. The molecule has 0 bridgehead atoms. The fourth-order valence-electron chi connectivity index (χ4n) is 1.08. The molecule has 5 nitrogen and oxygen atoms in total. The van der Waals surface area contributed by atoms with Crippen molar-refractivity contribution in [3.8, 4) is 0 Å². The van der Waals surface area contributed by atoms with Crippen molar-refractivity contribution in [3.63, 3.8) is 0 Å². The topological polar surface area (TPSA) is 93.3 Å². The van der Waals surface area contributed by atoms with Crippen LogP contribution in [0.25, 0.3) is 0 Å². The lowest BCUT2D eigenvalue weighted by atomic mass is 10.1. The van der Waals surface area contributed by atoms with Gasteiger partial charge >= 0.3 is 5.97 Å². The van der Waals surface area contributed by atoms with Gasteiger partial charge in [-0.3, -0.25) is 14.6 Å². The minimum atomic E-state index is -1.09.